The first kappa shape index (κ1) is 21.9. The van der Waals surface area contributed by atoms with Gasteiger partial charge in [0.1, 0.15) is 0 Å². The third-order valence-corrected chi connectivity index (χ3v) is 4.40. The summed E-state index contributed by atoms with van der Waals surface area (Å²) < 4.78 is 0. The second-order valence-corrected chi connectivity index (χ2v) is 6.82. The number of hydrogen-bond acceptors (Lipinski definition) is 4. The van der Waals surface area contributed by atoms with Crippen molar-refractivity contribution in [3.8, 4) is 12.1 Å². The summed E-state index contributed by atoms with van der Waals surface area (Å²) in [6.07, 6.45) is 0. The molecule has 4 N–H and O–H groups in total. The maximum Gasteiger partial charge on any atom is 0.319 e. The number of nitrogens with one attached hydrogen (secondary N) is 4. The molecule has 8 nitrogen and oxygen atoms in total. The predicted octanol–water partition coefficient (Wildman–Crippen LogP) is 4.07. The van der Waals surface area contributed by atoms with Crippen molar-refractivity contribution >= 4 is 23.4 Å². The molecule has 0 radical (unpaired) electrons. The smallest absolute Gasteiger partial charge is 0.319 e. The highest BCUT2D eigenvalue weighted by Crippen LogP contribution is 2.11. The van der Waals surface area contributed by atoms with Crippen LogP contribution in [0.15, 0.2) is 72.8 Å². The number of hydrogen-bond donors (Lipinski definition) is 4. The van der Waals surface area contributed by atoms with Crippen molar-refractivity contribution in [2.24, 2.45) is 0 Å². The quantitative estimate of drug-likeness (QED) is 0.475. The van der Waals surface area contributed by atoms with Crippen LogP contribution >= 0.6 is 0 Å². The van der Waals surface area contributed by atoms with Gasteiger partial charge in [0.05, 0.1) is 23.3 Å². The van der Waals surface area contributed by atoms with Crippen LogP contribution in [0.5, 0.6) is 0 Å². The number of carbonyl (C=O) groups excluding carboxylic acids is 2. The van der Waals surface area contributed by atoms with E-state index in [4.69, 9.17) is 10.5 Å². The van der Waals surface area contributed by atoms with Crippen molar-refractivity contribution in [2.75, 3.05) is 10.6 Å². The zero-order chi connectivity index (χ0) is 22.8. The number of anilines is 2. The van der Waals surface area contributed by atoms with Crippen LogP contribution in [0.4, 0.5) is 21.0 Å². The molecule has 3 rings (SSSR count). The number of rotatable bonds is 6. The number of nitriles is 2. The Balaban J connectivity index is 1.48. The molecule has 4 amide bonds. The van der Waals surface area contributed by atoms with Gasteiger partial charge in [-0.3, -0.25) is 0 Å². The Kier molecular flexibility index (Phi) is 7.39. The van der Waals surface area contributed by atoms with Crippen molar-refractivity contribution in [2.45, 2.75) is 13.1 Å². The third-order valence-electron chi connectivity index (χ3n) is 4.40. The normalized spacial score (nSPS) is 9.69. The highest BCUT2D eigenvalue weighted by Gasteiger charge is 2.05. The first-order valence-electron chi connectivity index (χ1n) is 9.73. The minimum absolute atomic E-state index is 0.296. The van der Waals surface area contributed by atoms with E-state index >= 15 is 0 Å². The number of nitrogens with zero attached hydrogens (tertiary/aromatic N) is 2. The third kappa shape index (κ3) is 6.61. The van der Waals surface area contributed by atoms with Crippen LogP contribution in [-0.2, 0) is 13.1 Å². The maximum atomic E-state index is 12.1. The molecule has 32 heavy (non-hydrogen) atoms. The first-order valence-corrected chi connectivity index (χ1v) is 9.73. The summed E-state index contributed by atoms with van der Waals surface area (Å²) in [6, 6.07) is 24.0. The van der Waals surface area contributed by atoms with Gasteiger partial charge in [-0.2, -0.15) is 10.5 Å². The molecule has 0 fully saturated rings. The van der Waals surface area contributed by atoms with Gasteiger partial charge >= 0.3 is 12.1 Å². The minimum Gasteiger partial charge on any atom is -0.334 e. The molecule has 0 atom stereocenters. The van der Waals surface area contributed by atoms with E-state index in [-0.39, 0.29) is 12.1 Å². The molecule has 0 saturated carbocycles. The molecule has 0 bridgehead atoms. The van der Waals surface area contributed by atoms with Crippen molar-refractivity contribution in [3.05, 3.63) is 95.1 Å². The van der Waals surface area contributed by atoms with Gasteiger partial charge in [-0.05, 0) is 47.5 Å². The van der Waals surface area contributed by atoms with Crippen molar-refractivity contribution < 1.29 is 9.59 Å². The fourth-order valence-corrected chi connectivity index (χ4v) is 2.90. The SMILES string of the molecule is N#Cc1cccc(NC(=O)NCc2cccc(CNC(=O)Nc3cccc(C#N)c3)c2)c1. The Morgan fingerprint density at radius 3 is 1.53 bits per heavy atom. The molecule has 8 heteroatoms. The molecule has 0 aromatic heterocycles. The molecule has 0 aliphatic carbocycles. The number of benzene rings is 3. The van der Waals surface area contributed by atoms with Gasteiger partial charge in [-0.15, -0.1) is 0 Å². The highest BCUT2D eigenvalue weighted by atomic mass is 16.2. The first-order chi connectivity index (χ1) is 15.6. The summed E-state index contributed by atoms with van der Waals surface area (Å²) in [6.45, 7) is 0.593. The van der Waals surface area contributed by atoms with Crippen LogP contribution in [0.2, 0.25) is 0 Å². The maximum absolute atomic E-state index is 12.1. The van der Waals surface area contributed by atoms with Crippen molar-refractivity contribution in [1.82, 2.24) is 10.6 Å². The van der Waals surface area contributed by atoms with Crippen molar-refractivity contribution in [1.29, 1.82) is 10.5 Å². The van der Waals surface area contributed by atoms with Crippen LogP contribution in [0, 0.1) is 22.7 Å². The lowest BCUT2D eigenvalue weighted by molar-refractivity contribution is 0.251. The summed E-state index contributed by atoms with van der Waals surface area (Å²) in [7, 11) is 0. The van der Waals surface area contributed by atoms with Gasteiger partial charge in [0.25, 0.3) is 0 Å². The lowest BCUT2D eigenvalue weighted by Crippen LogP contribution is -2.29. The molecule has 0 unspecified atom stereocenters. The molecule has 3 aromatic carbocycles. The van der Waals surface area contributed by atoms with Gasteiger partial charge < -0.3 is 21.3 Å². The molecule has 3 aromatic rings. The topological polar surface area (TPSA) is 130 Å². The standard InChI is InChI=1S/C24H20N6O2/c25-13-17-4-2-8-21(11-17)29-23(31)27-15-19-6-1-7-20(10-19)16-28-24(32)30-22-9-3-5-18(12-22)14-26/h1-12H,15-16H2,(H2,27,29,31)(H2,28,30,32). The van der Waals surface area contributed by atoms with E-state index in [0.29, 0.717) is 35.6 Å². The average molecular weight is 424 g/mol. The van der Waals surface area contributed by atoms with E-state index in [0.717, 1.165) is 11.1 Å². The van der Waals surface area contributed by atoms with Gasteiger partial charge in [-0.1, -0.05) is 36.4 Å². The number of carbonyl (C=O) groups is 2. The Hall–Kier alpha value is -4.82. The zero-order valence-corrected chi connectivity index (χ0v) is 17.1. The molecular formula is C24H20N6O2. The van der Waals surface area contributed by atoms with Crippen LogP contribution in [0.1, 0.15) is 22.3 Å². The minimum atomic E-state index is -0.386. The molecule has 158 valence electrons. The van der Waals surface area contributed by atoms with Gasteiger partial charge in [0.15, 0.2) is 0 Å². The van der Waals surface area contributed by atoms with E-state index in [2.05, 4.69) is 21.3 Å². The Bertz CT molecular complexity index is 1120. The summed E-state index contributed by atoms with van der Waals surface area (Å²) in [5, 5.41) is 28.8. The highest BCUT2D eigenvalue weighted by molar-refractivity contribution is 5.90. The van der Waals surface area contributed by atoms with E-state index in [1.807, 2.05) is 36.4 Å². The van der Waals surface area contributed by atoms with Crippen LogP contribution in [0.3, 0.4) is 0 Å². The summed E-state index contributed by atoms with van der Waals surface area (Å²) >= 11 is 0. The number of amides is 4. The van der Waals surface area contributed by atoms with E-state index in [1.165, 1.54) is 0 Å². The van der Waals surface area contributed by atoms with Gasteiger partial charge in [0.2, 0.25) is 0 Å². The monoisotopic (exact) mass is 424 g/mol. The van der Waals surface area contributed by atoms with Crippen molar-refractivity contribution in [3.63, 3.8) is 0 Å². The molecule has 0 aliphatic heterocycles. The van der Waals surface area contributed by atoms with E-state index < -0.39 is 0 Å². The fraction of sp³-hybridized carbons (Fsp3) is 0.0833. The molecule has 0 heterocycles. The van der Waals surface area contributed by atoms with E-state index in [1.54, 1.807) is 48.5 Å². The zero-order valence-electron chi connectivity index (χ0n) is 17.1. The number of urea groups is 2. The molecular weight excluding hydrogens is 404 g/mol. The lowest BCUT2D eigenvalue weighted by atomic mass is 10.1. The van der Waals surface area contributed by atoms with Crippen LogP contribution in [-0.4, -0.2) is 12.1 Å². The average Bonchev–Trinajstić information content (AvgIpc) is 2.82. The summed E-state index contributed by atoms with van der Waals surface area (Å²) in [4.78, 5) is 24.2. The molecule has 0 saturated heterocycles. The molecule has 0 aliphatic rings. The Morgan fingerprint density at radius 2 is 1.09 bits per heavy atom. The Labute approximate surface area is 185 Å². The van der Waals surface area contributed by atoms with Crippen LogP contribution < -0.4 is 21.3 Å². The van der Waals surface area contributed by atoms with E-state index in [9.17, 15) is 9.59 Å². The second kappa shape index (κ2) is 10.8. The fourth-order valence-electron chi connectivity index (χ4n) is 2.90. The van der Waals surface area contributed by atoms with Gasteiger partial charge in [0, 0.05) is 24.5 Å². The molecule has 0 spiro atoms. The summed E-state index contributed by atoms with van der Waals surface area (Å²) in [5.41, 5.74) is 3.73. The largest absolute Gasteiger partial charge is 0.334 e. The Morgan fingerprint density at radius 1 is 0.656 bits per heavy atom. The second-order valence-electron chi connectivity index (χ2n) is 6.82. The van der Waals surface area contributed by atoms with Gasteiger partial charge in [-0.25, -0.2) is 9.59 Å². The predicted molar refractivity (Wildman–Crippen MR) is 120 cm³/mol. The summed E-state index contributed by atoms with van der Waals surface area (Å²) in [5.74, 6) is 0. The lowest BCUT2D eigenvalue weighted by Gasteiger charge is -2.10. The van der Waals surface area contributed by atoms with Crippen LogP contribution in [0.25, 0.3) is 0 Å².